The molecule has 1 atom stereocenters. The van der Waals surface area contributed by atoms with Gasteiger partial charge in [-0.05, 0) is 31.2 Å². The molecule has 1 aromatic heterocycles. The molecule has 1 aliphatic rings. The molecule has 5 nitrogen and oxygen atoms in total. The Morgan fingerprint density at radius 3 is 2.57 bits per heavy atom. The summed E-state index contributed by atoms with van der Waals surface area (Å²) in [5, 5.41) is 3.63. The molecule has 1 fully saturated rings. The van der Waals surface area contributed by atoms with Gasteiger partial charge in [0.25, 0.3) is 5.91 Å². The molecule has 0 radical (unpaired) electrons. The number of rotatable bonds is 4. The van der Waals surface area contributed by atoms with Gasteiger partial charge in [0.2, 0.25) is 0 Å². The van der Waals surface area contributed by atoms with E-state index in [2.05, 4.69) is 9.88 Å². The summed E-state index contributed by atoms with van der Waals surface area (Å²) in [5.74, 6) is 0.662. The summed E-state index contributed by atoms with van der Waals surface area (Å²) in [5.41, 5.74) is 0. The van der Waals surface area contributed by atoms with Crippen LogP contribution in [-0.2, 0) is 4.79 Å². The van der Waals surface area contributed by atoms with Crippen molar-refractivity contribution in [2.45, 2.75) is 13.0 Å². The first-order valence-electron chi connectivity index (χ1n) is 7.49. The van der Waals surface area contributed by atoms with E-state index >= 15 is 0 Å². The van der Waals surface area contributed by atoms with E-state index < -0.39 is 6.10 Å². The van der Waals surface area contributed by atoms with Crippen molar-refractivity contribution in [3.8, 4) is 5.75 Å². The van der Waals surface area contributed by atoms with Gasteiger partial charge < -0.3 is 14.5 Å². The molecule has 3 rings (SSSR count). The fraction of sp³-hybridized carbons (Fsp3) is 0.375. The Hall–Kier alpha value is -1.79. The highest BCUT2D eigenvalue weighted by Gasteiger charge is 2.26. The van der Waals surface area contributed by atoms with Crippen LogP contribution in [0.3, 0.4) is 0 Å². The lowest BCUT2D eigenvalue weighted by molar-refractivity contribution is -0.138. The fourth-order valence-electron chi connectivity index (χ4n) is 2.52. The summed E-state index contributed by atoms with van der Waals surface area (Å²) in [6.07, 6.45) is 1.29. The van der Waals surface area contributed by atoms with Gasteiger partial charge in [-0.25, -0.2) is 4.98 Å². The number of carbonyl (C=O) groups excluding carboxylic acids is 1. The number of hydrogen-bond donors (Lipinski definition) is 0. The van der Waals surface area contributed by atoms with Gasteiger partial charge >= 0.3 is 0 Å². The minimum absolute atomic E-state index is 0.0127. The van der Waals surface area contributed by atoms with E-state index in [0.717, 1.165) is 18.2 Å². The van der Waals surface area contributed by atoms with Crippen LogP contribution in [0.5, 0.6) is 5.75 Å². The van der Waals surface area contributed by atoms with Gasteiger partial charge in [-0.2, -0.15) is 0 Å². The number of hydrogen-bond acceptors (Lipinski definition) is 5. The first kappa shape index (κ1) is 16.1. The second-order valence-electron chi connectivity index (χ2n) is 5.34. The lowest BCUT2D eigenvalue weighted by Crippen LogP contribution is -2.52. The second-order valence-corrected chi connectivity index (χ2v) is 6.65. The minimum Gasteiger partial charge on any atom is -0.481 e. The van der Waals surface area contributed by atoms with Gasteiger partial charge in [0, 0.05) is 42.8 Å². The predicted molar refractivity (Wildman–Crippen MR) is 92.4 cm³/mol. The van der Waals surface area contributed by atoms with Crippen LogP contribution in [0.4, 0.5) is 5.13 Å². The minimum atomic E-state index is -0.511. The van der Waals surface area contributed by atoms with Gasteiger partial charge in [-0.3, -0.25) is 4.79 Å². The Morgan fingerprint density at radius 2 is 1.96 bits per heavy atom. The summed E-state index contributed by atoms with van der Waals surface area (Å²) in [7, 11) is 0. The third kappa shape index (κ3) is 3.95. The molecule has 0 N–H and O–H groups in total. The Morgan fingerprint density at radius 1 is 1.26 bits per heavy atom. The maximum absolute atomic E-state index is 12.5. The zero-order valence-electron chi connectivity index (χ0n) is 12.8. The van der Waals surface area contributed by atoms with Crippen LogP contribution in [0, 0.1) is 0 Å². The quantitative estimate of drug-likeness (QED) is 0.849. The molecule has 0 aliphatic carbocycles. The van der Waals surface area contributed by atoms with E-state index in [4.69, 9.17) is 16.3 Å². The number of thiazole rings is 1. The normalized spacial score (nSPS) is 16.3. The molecule has 0 spiro atoms. The van der Waals surface area contributed by atoms with Gasteiger partial charge in [0.1, 0.15) is 5.75 Å². The third-order valence-electron chi connectivity index (χ3n) is 3.76. The lowest BCUT2D eigenvalue weighted by Gasteiger charge is -2.35. The molecule has 0 unspecified atom stereocenters. The van der Waals surface area contributed by atoms with E-state index in [-0.39, 0.29) is 5.91 Å². The van der Waals surface area contributed by atoms with Gasteiger partial charge in [0.15, 0.2) is 11.2 Å². The van der Waals surface area contributed by atoms with E-state index in [1.807, 2.05) is 10.3 Å². The van der Waals surface area contributed by atoms with Crippen LogP contribution in [0.25, 0.3) is 0 Å². The van der Waals surface area contributed by atoms with Crippen molar-refractivity contribution in [1.29, 1.82) is 0 Å². The van der Waals surface area contributed by atoms with Crippen LogP contribution >= 0.6 is 22.9 Å². The van der Waals surface area contributed by atoms with Crippen LogP contribution in [0.15, 0.2) is 35.8 Å². The van der Waals surface area contributed by atoms with Crippen molar-refractivity contribution in [2.75, 3.05) is 31.1 Å². The number of amides is 1. The van der Waals surface area contributed by atoms with E-state index in [0.29, 0.717) is 23.9 Å². The highest BCUT2D eigenvalue weighted by Crippen LogP contribution is 2.20. The standard InChI is InChI=1S/C16H18ClN3O2S/c1-12(22-14-4-2-13(17)3-5-14)15(21)19-7-9-20(10-8-19)16-18-6-11-23-16/h2-6,11-12H,7-10H2,1H3/t12-/m0/s1. The summed E-state index contributed by atoms with van der Waals surface area (Å²) < 4.78 is 5.71. The topological polar surface area (TPSA) is 45.7 Å². The highest BCUT2D eigenvalue weighted by molar-refractivity contribution is 7.13. The van der Waals surface area contributed by atoms with Crippen molar-refractivity contribution in [2.24, 2.45) is 0 Å². The molecule has 1 amide bonds. The Kier molecular flexibility index (Phi) is 5.03. The van der Waals surface area contributed by atoms with E-state index in [1.165, 1.54) is 0 Å². The number of halogens is 1. The third-order valence-corrected chi connectivity index (χ3v) is 4.84. The zero-order valence-corrected chi connectivity index (χ0v) is 14.4. The first-order chi connectivity index (χ1) is 11.1. The molecule has 0 bridgehead atoms. The van der Waals surface area contributed by atoms with Crippen molar-refractivity contribution in [1.82, 2.24) is 9.88 Å². The monoisotopic (exact) mass is 351 g/mol. The number of carbonyl (C=O) groups is 1. The molecule has 122 valence electrons. The Balaban J connectivity index is 1.53. The smallest absolute Gasteiger partial charge is 0.263 e. The van der Waals surface area contributed by atoms with Crippen molar-refractivity contribution in [3.63, 3.8) is 0 Å². The maximum Gasteiger partial charge on any atom is 0.263 e. The predicted octanol–water partition coefficient (Wildman–Crippen LogP) is 2.91. The van der Waals surface area contributed by atoms with Gasteiger partial charge in [-0.1, -0.05) is 11.6 Å². The van der Waals surface area contributed by atoms with Crippen molar-refractivity contribution in [3.05, 3.63) is 40.9 Å². The summed E-state index contributed by atoms with van der Waals surface area (Å²) >= 11 is 7.47. The van der Waals surface area contributed by atoms with E-state index in [1.54, 1.807) is 48.7 Å². The zero-order chi connectivity index (χ0) is 16.2. The maximum atomic E-state index is 12.5. The Bertz CT molecular complexity index is 640. The average Bonchev–Trinajstić information content (AvgIpc) is 3.11. The molecule has 23 heavy (non-hydrogen) atoms. The molecule has 1 aliphatic heterocycles. The molecule has 2 heterocycles. The average molecular weight is 352 g/mol. The highest BCUT2D eigenvalue weighted by atomic mass is 35.5. The molecule has 1 saturated heterocycles. The van der Waals surface area contributed by atoms with Crippen LogP contribution in [0.2, 0.25) is 5.02 Å². The summed E-state index contributed by atoms with van der Waals surface area (Å²) in [6.45, 7) is 4.75. The van der Waals surface area contributed by atoms with Crippen LogP contribution in [-0.4, -0.2) is 48.1 Å². The fourth-order valence-corrected chi connectivity index (χ4v) is 3.34. The summed E-state index contributed by atoms with van der Waals surface area (Å²) in [4.78, 5) is 20.9. The van der Waals surface area contributed by atoms with E-state index in [9.17, 15) is 4.79 Å². The van der Waals surface area contributed by atoms with Crippen molar-refractivity contribution >= 4 is 34.0 Å². The van der Waals surface area contributed by atoms with Crippen LogP contribution in [0.1, 0.15) is 6.92 Å². The van der Waals surface area contributed by atoms with Crippen molar-refractivity contribution < 1.29 is 9.53 Å². The first-order valence-corrected chi connectivity index (χ1v) is 8.75. The van der Waals surface area contributed by atoms with Gasteiger partial charge in [0.05, 0.1) is 0 Å². The Labute approximate surface area is 144 Å². The molecule has 2 aromatic rings. The van der Waals surface area contributed by atoms with Gasteiger partial charge in [-0.15, -0.1) is 11.3 Å². The number of benzene rings is 1. The molecule has 0 saturated carbocycles. The number of ether oxygens (including phenoxy) is 1. The summed E-state index contributed by atoms with van der Waals surface area (Å²) in [6, 6.07) is 7.04. The largest absolute Gasteiger partial charge is 0.481 e. The SMILES string of the molecule is C[C@H](Oc1ccc(Cl)cc1)C(=O)N1CCN(c2nccs2)CC1. The molecule has 7 heteroatoms. The number of aromatic nitrogens is 1. The molecular formula is C16H18ClN3O2S. The number of anilines is 1. The second kappa shape index (κ2) is 7.19. The lowest BCUT2D eigenvalue weighted by atomic mass is 10.2. The van der Waals surface area contributed by atoms with Crippen LogP contribution < -0.4 is 9.64 Å². The molecule has 1 aromatic carbocycles. The number of piperazine rings is 1. The number of nitrogens with zero attached hydrogens (tertiary/aromatic N) is 3. The molecular weight excluding hydrogens is 334 g/mol.